The summed E-state index contributed by atoms with van der Waals surface area (Å²) in [7, 11) is 0. The van der Waals surface area contributed by atoms with Crippen LogP contribution in [0.1, 0.15) is 38.7 Å². The molecule has 0 aliphatic heterocycles. The van der Waals surface area contributed by atoms with Crippen LogP contribution in [0.3, 0.4) is 0 Å². The molecule has 1 aromatic carbocycles. The third-order valence-electron chi connectivity index (χ3n) is 2.97. The number of carbonyl (C=O) groups is 2. The highest BCUT2D eigenvalue weighted by molar-refractivity contribution is 8.12. The number of hydrogen-bond acceptors (Lipinski definition) is 3. The number of aliphatic carboxylic acids is 1. The summed E-state index contributed by atoms with van der Waals surface area (Å²) in [4.78, 5) is 22.8. The molecular formula is C16H22O3S. The molecule has 0 spiro atoms. The lowest BCUT2D eigenvalue weighted by atomic mass is 9.92. The maximum absolute atomic E-state index is 12.0. The standard InChI is InChI=1S/C16H22O3S/c1-12(2)8-14(9-15(17)18)10-16(19)20-11-13-6-4-3-5-7-13/h3-7,12,14H,8-11H2,1-2H3,(H,17,18)/t14-/m1/s1. The molecule has 0 saturated carbocycles. The summed E-state index contributed by atoms with van der Waals surface area (Å²) in [5.74, 6) is 0.187. The minimum absolute atomic E-state index is 0.0525. The number of carboxylic acid groups (broad SMARTS) is 1. The Morgan fingerprint density at radius 3 is 2.35 bits per heavy atom. The van der Waals surface area contributed by atoms with Gasteiger partial charge in [0.15, 0.2) is 5.12 Å². The molecule has 110 valence electrons. The van der Waals surface area contributed by atoms with Gasteiger partial charge in [0.25, 0.3) is 0 Å². The molecule has 0 saturated heterocycles. The normalized spacial score (nSPS) is 12.3. The first-order valence-electron chi connectivity index (χ1n) is 6.88. The lowest BCUT2D eigenvalue weighted by molar-refractivity contribution is -0.138. The lowest BCUT2D eigenvalue weighted by Gasteiger charge is -2.16. The zero-order valence-electron chi connectivity index (χ0n) is 12.0. The Hall–Kier alpha value is -1.29. The van der Waals surface area contributed by atoms with Crippen molar-refractivity contribution in [1.29, 1.82) is 0 Å². The van der Waals surface area contributed by atoms with Crippen LogP contribution >= 0.6 is 11.8 Å². The number of carbonyl (C=O) groups excluding carboxylic acids is 1. The van der Waals surface area contributed by atoms with E-state index in [1.54, 1.807) is 0 Å². The van der Waals surface area contributed by atoms with Gasteiger partial charge in [-0.1, -0.05) is 55.9 Å². The highest BCUT2D eigenvalue weighted by Crippen LogP contribution is 2.24. The van der Waals surface area contributed by atoms with Crippen molar-refractivity contribution in [1.82, 2.24) is 0 Å². The Morgan fingerprint density at radius 1 is 1.15 bits per heavy atom. The Labute approximate surface area is 124 Å². The lowest BCUT2D eigenvalue weighted by Crippen LogP contribution is -2.13. The van der Waals surface area contributed by atoms with Crippen LogP contribution in [0.2, 0.25) is 0 Å². The van der Waals surface area contributed by atoms with Crippen molar-refractivity contribution in [3.05, 3.63) is 35.9 Å². The number of rotatable bonds is 8. The predicted molar refractivity (Wildman–Crippen MR) is 82.6 cm³/mol. The summed E-state index contributed by atoms with van der Waals surface area (Å²) < 4.78 is 0. The van der Waals surface area contributed by atoms with Gasteiger partial charge in [0.2, 0.25) is 0 Å². The Kier molecular flexibility index (Phi) is 7.37. The van der Waals surface area contributed by atoms with Crippen molar-refractivity contribution < 1.29 is 14.7 Å². The largest absolute Gasteiger partial charge is 0.481 e. The quantitative estimate of drug-likeness (QED) is 0.788. The molecule has 3 nitrogen and oxygen atoms in total. The molecule has 0 aliphatic carbocycles. The van der Waals surface area contributed by atoms with Crippen molar-refractivity contribution in [2.45, 2.75) is 38.9 Å². The first kappa shape index (κ1) is 16.8. The van der Waals surface area contributed by atoms with Crippen LogP contribution in [0.15, 0.2) is 30.3 Å². The van der Waals surface area contributed by atoms with Gasteiger partial charge >= 0.3 is 5.97 Å². The number of carboxylic acids is 1. The van der Waals surface area contributed by atoms with Gasteiger partial charge in [-0.2, -0.15) is 0 Å². The van der Waals surface area contributed by atoms with E-state index in [2.05, 4.69) is 13.8 Å². The Bertz CT molecular complexity index is 429. The van der Waals surface area contributed by atoms with Crippen LogP contribution in [0, 0.1) is 11.8 Å². The highest BCUT2D eigenvalue weighted by Gasteiger charge is 2.18. The molecule has 0 aliphatic rings. The topological polar surface area (TPSA) is 54.4 Å². The minimum atomic E-state index is -0.823. The average Bonchev–Trinajstić information content (AvgIpc) is 2.36. The molecular weight excluding hydrogens is 272 g/mol. The molecule has 4 heteroatoms. The second-order valence-corrected chi connectivity index (χ2v) is 6.48. The van der Waals surface area contributed by atoms with Crippen molar-refractivity contribution in [3.8, 4) is 0 Å². The van der Waals surface area contributed by atoms with Gasteiger partial charge in [-0.15, -0.1) is 0 Å². The van der Waals surface area contributed by atoms with Crippen LogP contribution in [0.25, 0.3) is 0 Å². The molecule has 20 heavy (non-hydrogen) atoms. The van der Waals surface area contributed by atoms with Gasteiger partial charge < -0.3 is 5.11 Å². The molecule has 0 aromatic heterocycles. The van der Waals surface area contributed by atoms with Gasteiger partial charge in [-0.3, -0.25) is 9.59 Å². The molecule has 0 unspecified atom stereocenters. The molecule has 0 heterocycles. The molecule has 1 aromatic rings. The van der Waals surface area contributed by atoms with E-state index < -0.39 is 5.97 Å². The molecule has 1 N–H and O–H groups in total. The molecule has 0 radical (unpaired) electrons. The van der Waals surface area contributed by atoms with Crippen molar-refractivity contribution in [3.63, 3.8) is 0 Å². The van der Waals surface area contributed by atoms with E-state index in [0.717, 1.165) is 12.0 Å². The summed E-state index contributed by atoms with van der Waals surface area (Å²) in [5, 5.41) is 8.98. The van der Waals surface area contributed by atoms with Crippen LogP contribution in [-0.4, -0.2) is 16.2 Å². The fourth-order valence-corrected chi connectivity index (χ4v) is 3.06. The number of hydrogen-bond donors (Lipinski definition) is 1. The van der Waals surface area contributed by atoms with Crippen LogP contribution in [0.4, 0.5) is 0 Å². The van der Waals surface area contributed by atoms with Gasteiger partial charge in [-0.25, -0.2) is 0 Å². The van der Waals surface area contributed by atoms with E-state index >= 15 is 0 Å². The SMILES string of the molecule is CC(C)C[C@H](CC(=O)O)CC(=O)SCc1ccccc1. The second kappa shape index (κ2) is 8.80. The summed E-state index contributed by atoms with van der Waals surface area (Å²) in [5.41, 5.74) is 1.12. The van der Waals surface area contributed by atoms with Crippen LogP contribution in [0.5, 0.6) is 0 Å². The summed E-state index contributed by atoms with van der Waals surface area (Å²) >= 11 is 1.28. The molecule has 0 bridgehead atoms. The molecule has 0 amide bonds. The van der Waals surface area contributed by atoms with E-state index in [1.807, 2.05) is 30.3 Å². The smallest absolute Gasteiger partial charge is 0.303 e. The summed E-state index contributed by atoms with van der Waals surface area (Å²) in [6.07, 6.45) is 1.21. The molecule has 1 rings (SSSR count). The molecule has 1 atom stereocenters. The maximum atomic E-state index is 12.0. The summed E-state index contributed by atoms with van der Waals surface area (Å²) in [6, 6.07) is 9.83. The average molecular weight is 294 g/mol. The third kappa shape index (κ3) is 7.34. The Morgan fingerprint density at radius 2 is 1.80 bits per heavy atom. The zero-order chi connectivity index (χ0) is 15.0. The molecule has 0 fully saturated rings. The number of thioether (sulfide) groups is 1. The summed E-state index contributed by atoms with van der Waals surface area (Å²) in [6.45, 7) is 4.10. The minimum Gasteiger partial charge on any atom is -0.481 e. The number of benzene rings is 1. The van der Waals surface area contributed by atoms with E-state index in [0.29, 0.717) is 18.1 Å². The zero-order valence-corrected chi connectivity index (χ0v) is 12.9. The first-order chi connectivity index (χ1) is 9.47. The van der Waals surface area contributed by atoms with Gasteiger partial charge in [0, 0.05) is 18.6 Å². The van der Waals surface area contributed by atoms with Crippen LogP contribution < -0.4 is 0 Å². The van der Waals surface area contributed by atoms with Gasteiger partial charge in [0.1, 0.15) is 0 Å². The Balaban J connectivity index is 2.42. The van der Waals surface area contributed by atoms with E-state index in [1.165, 1.54) is 11.8 Å². The van der Waals surface area contributed by atoms with Crippen molar-refractivity contribution in [2.24, 2.45) is 11.8 Å². The monoisotopic (exact) mass is 294 g/mol. The predicted octanol–water partition coefficient (Wildman–Crippen LogP) is 3.97. The maximum Gasteiger partial charge on any atom is 0.303 e. The highest BCUT2D eigenvalue weighted by atomic mass is 32.2. The second-order valence-electron chi connectivity index (χ2n) is 5.44. The van der Waals surface area contributed by atoms with Crippen LogP contribution in [-0.2, 0) is 15.3 Å². The van der Waals surface area contributed by atoms with E-state index in [4.69, 9.17) is 5.11 Å². The fourth-order valence-electron chi connectivity index (χ4n) is 2.19. The van der Waals surface area contributed by atoms with E-state index in [9.17, 15) is 9.59 Å². The van der Waals surface area contributed by atoms with E-state index in [-0.39, 0.29) is 17.5 Å². The van der Waals surface area contributed by atoms with Gasteiger partial charge in [0.05, 0.1) is 0 Å². The van der Waals surface area contributed by atoms with Crippen molar-refractivity contribution in [2.75, 3.05) is 0 Å². The van der Waals surface area contributed by atoms with Crippen molar-refractivity contribution >= 4 is 22.8 Å². The van der Waals surface area contributed by atoms with Gasteiger partial charge in [-0.05, 0) is 23.8 Å². The third-order valence-corrected chi connectivity index (χ3v) is 3.93. The first-order valence-corrected chi connectivity index (χ1v) is 7.87. The fraction of sp³-hybridized carbons (Fsp3) is 0.500.